The number of carbonyl (C=O) groups is 1. The van der Waals surface area contributed by atoms with Crippen molar-refractivity contribution in [3.8, 4) is 0 Å². The molecule has 0 aliphatic carbocycles. The van der Waals surface area contributed by atoms with Crippen molar-refractivity contribution >= 4 is 56.9 Å². The number of hydrogen-bond donors (Lipinski definition) is 0. The molecule has 1 saturated heterocycles. The van der Waals surface area contributed by atoms with Crippen LogP contribution in [0.25, 0.3) is 17.0 Å². The SMILES string of the molecule is O=C1/C(=C\c2cc3ccccc3o2)SC(=S)N1c1ccc(F)cc1. The van der Waals surface area contributed by atoms with E-state index in [2.05, 4.69) is 0 Å². The molecule has 24 heavy (non-hydrogen) atoms. The number of rotatable bonds is 2. The average molecular weight is 355 g/mol. The minimum Gasteiger partial charge on any atom is -0.457 e. The lowest BCUT2D eigenvalue weighted by atomic mass is 10.2. The zero-order valence-electron chi connectivity index (χ0n) is 12.2. The van der Waals surface area contributed by atoms with Crippen LogP contribution in [0.2, 0.25) is 0 Å². The monoisotopic (exact) mass is 355 g/mol. The Kier molecular flexibility index (Phi) is 3.70. The highest BCUT2D eigenvalue weighted by molar-refractivity contribution is 8.27. The van der Waals surface area contributed by atoms with E-state index in [0.717, 1.165) is 11.0 Å². The van der Waals surface area contributed by atoms with Gasteiger partial charge >= 0.3 is 0 Å². The highest BCUT2D eigenvalue weighted by atomic mass is 32.2. The number of thioether (sulfide) groups is 1. The molecule has 0 N–H and O–H groups in total. The van der Waals surface area contributed by atoms with E-state index in [1.807, 2.05) is 30.3 Å². The molecule has 0 radical (unpaired) electrons. The Morgan fingerprint density at radius 3 is 2.62 bits per heavy atom. The molecule has 3 nitrogen and oxygen atoms in total. The number of nitrogens with zero attached hydrogens (tertiary/aromatic N) is 1. The van der Waals surface area contributed by atoms with E-state index in [1.54, 1.807) is 6.08 Å². The number of benzene rings is 2. The molecule has 1 amide bonds. The topological polar surface area (TPSA) is 33.5 Å². The largest absolute Gasteiger partial charge is 0.457 e. The van der Waals surface area contributed by atoms with Crippen molar-refractivity contribution in [3.63, 3.8) is 0 Å². The van der Waals surface area contributed by atoms with Crippen molar-refractivity contribution in [2.24, 2.45) is 0 Å². The summed E-state index contributed by atoms with van der Waals surface area (Å²) in [6.07, 6.45) is 1.68. The maximum Gasteiger partial charge on any atom is 0.270 e. The predicted molar refractivity (Wildman–Crippen MR) is 98.3 cm³/mol. The van der Waals surface area contributed by atoms with Gasteiger partial charge in [0.05, 0.1) is 10.6 Å². The molecule has 2 heterocycles. The summed E-state index contributed by atoms with van der Waals surface area (Å²) in [6, 6.07) is 15.2. The van der Waals surface area contributed by atoms with Gasteiger partial charge < -0.3 is 4.42 Å². The van der Waals surface area contributed by atoms with Crippen LogP contribution in [0, 0.1) is 5.82 Å². The van der Waals surface area contributed by atoms with E-state index in [1.165, 1.54) is 40.9 Å². The van der Waals surface area contributed by atoms with Crippen molar-refractivity contribution in [2.75, 3.05) is 4.90 Å². The molecule has 2 aromatic carbocycles. The zero-order chi connectivity index (χ0) is 16.7. The van der Waals surface area contributed by atoms with Crippen LogP contribution in [0.5, 0.6) is 0 Å². The molecule has 0 spiro atoms. The molecule has 0 bridgehead atoms. The summed E-state index contributed by atoms with van der Waals surface area (Å²) < 4.78 is 19.2. The van der Waals surface area contributed by atoms with Crippen molar-refractivity contribution in [3.05, 3.63) is 71.1 Å². The molecule has 1 aliphatic rings. The first-order valence-electron chi connectivity index (χ1n) is 7.14. The summed E-state index contributed by atoms with van der Waals surface area (Å²) in [5, 5.41) is 0.970. The second-order valence-electron chi connectivity index (χ2n) is 5.18. The van der Waals surface area contributed by atoms with Crippen LogP contribution >= 0.6 is 24.0 Å². The lowest BCUT2D eigenvalue weighted by Gasteiger charge is -2.13. The third kappa shape index (κ3) is 2.64. The van der Waals surface area contributed by atoms with Crippen molar-refractivity contribution in [1.29, 1.82) is 0 Å². The maximum atomic E-state index is 13.1. The highest BCUT2D eigenvalue weighted by Crippen LogP contribution is 2.36. The van der Waals surface area contributed by atoms with Crippen molar-refractivity contribution in [1.82, 2.24) is 0 Å². The van der Waals surface area contributed by atoms with Crippen LogP contribution in [-0.2, 0) is 4.79 Å². The number of hydrogen-bond acceptors (Lipinski definition) is 4. The van der Waals surface area contributed by atoms with Crippen molar-refractivity contribution in [2.45, 2.75) is 0 Å². The van der Waals surface area contributed by atoms with E-state index in [9.17, 15) is 9.18 Å². The number of thiocarbonyl (C=S) groups is 1. The summed E-state index contributed by atoms with van der Waals surface area (Å²) in [4.78, 5) is 14.5. The van der Waals surface area contributed by atoms with Gasteiger partial charge in [-0.15, -0.1) is 0 Å². The predicted octanol–water partition coefficient (Wildman–Crippen LogP) is 4.98. The third-order valence-electron chi connectivity index (χ3n) is 3.60. The first kappa shape index (κ1) is 15.1. The smallest absolute Gasteiger partial charge is 0.270 e. The summed E-state index contributed by atoms with van der Waals surface area (Å²) >= 11 is 6.49. The second-order valence-corrected chi connectivity index (χ2v) is 6.86. The third-order valence-corrected chi connectivity index (χ3v) is 4.90. The van der Waals surface area contributed by atoms with Gasteiger partial charge in [-0.25, -0.2) is 4.39 Å². The molecule has 118 valence electrons. The van der Waals surface area contributed by atoms with E-state index in [4.69, 9.17) is 16.6 Å². The van der Waals surface area contributed by atoms with Gasteiger partial charge in [0.2, 0.25) is 0 Å². The van der Waals surface area contributed by atoms with Crippen LogP contribution in [0.4, 0.5) is 10.1 Å². The standard InChI is InChI=1S/C18H10FNO2S2/c19-12-5-7-13(8-6-12)20-17(21)16(24-18(20)23)10-14-9-11-3-1-2-4-15(11)22-14/h1-10H/b16-10+. The van der Waals surface area contributed by atoms with Crippen LogP contribution in [0.1, 0.15) is 5.76 Å². The van der Waals surface area contributed by atoms with E-state index < -0.39 is 0 Å². The summed E-state index contributed by atoms with van der Waals surface area (Å²) in [6.45, 7) is 0. The minimum absolute atomic E-state index is 0.239. The average Bonchev–Trinajstić information content (AvgIpc) is 3.09. The lowest BCUT2D eigenvalue weighted by molar-refractivity contribution is -0.113. The molecule has 1 aromatic heterocycles. The van der Waals surface area contributed by atoms with E-state index in [0.29, 0.717) is 20.7 Å². The molecule has 0 atom stereocenters. The molecule has 0 saturated carbocycles. The Bertz CT molecular complexity index is 959. The molecular formula is C18H10FNO2S2. The maximum absolute atomic E-state index is 13.1. The zero-order valence-corrected chi connectivity index (χ0v) is 13.9. The number of anilines is 1. The fourth-order valence-electron chi connectivity index (χ4n) is 2.48. The van der Waals surface area contributed by atoms with Gasteiger partial charge in [0.15, 0.2) is 4.32 Å². The molecule has 1 aliphatic heterocycles. The normalized spacial score (nSPS) is 16.5. The van der Waals surface area contributed by atoms with Crippen LogP contribution in [-0.4, -0.2) is 10.2 Å². The number of amides is 1. The molecular weight excluding hydrogens is 345 g/mol. The Morgan fingerprint density at radius 2 is 1.88 bits per heavy atom. The van der Waals surface area contributed by atoms with Crippen molar-refractivity contribution < 1.29 is 13.6 Å². The number of halogens is 1. The molecule has 6 heteroatoms. The van der Waals surface area contributed by atoms with Gasteiger partial charge in [-0.2, -0.15) is 0 Å². The van der Waals surface area contributed by atoms with Gasteiger partial charge in [0, 0.05) is 11.5 Å². The van der Waals surface area contributed by atoms with Gasteiger partial charge in [-0.1, -0.05) is 42.2 Å². The first-order valence-corrected chi connectivity index (χ1v) is 8.36. The van der Waals surface area contributed by atoms with Gasteiger partial charge in [0.25, 0.3) is 5.91 Å². The Balaban J connectivity index is 1.68. The number of carbonyl (C=O) groups excluding carboxylic acids is 1. The van der Waals surface area contributed by atoms with Gasteiger partial charge in [-0.3, -0.25) is 9.69 Å². The highest BCUT2D eigenvalue weighted by Gasteiger charge is 2.33. The van der Waals surface area contributed by atoms with Crippen LogP contribution in [0.15, 0.2) is 63.9 Å². The number of furan rings is 1. The Morgan fingerprint density at radius 1 is 1.12 bits per heavy atom. The minimum atomic E-state index is -0.359. The summed E-state index contributed by atoms with van der Waals surface area (Å²) in [5.74, 6) is -0.00474. The first-order chi connectivity index (χ1) is 11.6. The van der Waals surface area contributed by atoms with Crippen LogP contribution < -0.4 is 4.90 Å². The quantitative estimate of drug-likeness (QED) is 0.480. The lowest BCUT2D eigenvalue weighted by Crippen LogP contribution is -2.27. The van der Waals surface area contributed by atoms with Gasteiger partial charge in [-0.05, 0) is 36.4 Å². The second kappa shape index (κ2) is 5.89. The summed E-state index contributed by atoms with van der Waals surface area (Å²) in [7, 11) is 0. The molecule has 1 fully saturated rings. The molecule has 0 unspecified atom stereocenters. The fraction of sp³-hybridized carbons (Fsp3) is 0. The fourth-order valence-corrected chi connectivity index (χ4v) is 3.76. The Hall–Kier alpha value is -2.44. The number of para-hydroxylation sites is 1. The van der Waals surface area contributed by atoms with E-state index in [-0.39, 0.29) is 11.7 Å². The van der Waals surface area contributed by atoms with Crippen LogP contribution in [0.3, 0.4) is 0 Å². The van der Waals surface area contributed by atoms with E-state index >= 15 is 0 Å². The summed E-state index contributed by atoms with van der Waals surface area (Å²) in [5.41, 5.74) is 1.31. The number of fused-ring (bicyclic) bond motifs is 1. The molecule has 3 aromatic rings. The Labute approximate surface area is 146 Å². The van der Waals surface area contributed by atoms with Gasteiger partial charge in [0.1, 0.15) is 17.2 Å². The molecule has 4 rings (SSSR count).